The summed E-state index contributed by atoms with van der Waals surface area (Å²) in [6.45, 7) is 12.5. The molecule has 2 rings (SSSR count). The van der Waals surface area contributed by atoms with Crippen molar-refractivity contribution in [2.24, 2.45) is 5.41 Å². The van der Waals surface area contributed by atoms with Crippen molar-refractivity contribution in [2.45, 2.75) is 46.6 Å². The average molecular weight is 217 g/mol. The second-order valence-corrected chi connectivity index (χ2v) is 6.07. The Balaban J connectivity index is 2.36. The van der Waals surface area contributed by atoms with Crippen LogP contribution < -0.4 is 5.32 Å². The Morgan fingerprint density at radius 3 is 2.44 bits per heavy atom. The van der Waals surface area contributed by atoms with Gasteiger partial charge < -0.3 is 5.32 Å². The predicted octanol–water partition coefficient (Wildman–Crippen LogP) is 3.79. The van der Waals surface area contributed by atoms with Crippen LogP contribution in [0.5, 0.6) is 0 Å². The van der Waals surface area contributed by atoms with Gasteiger partial charge in [0.15, 0.2) is 0 Å². The first-order valence-corrected chi connectivity index (χ1v) is 6.25. The van der Waals surface area contributed by atoms with Gasteiger partial charge in [0.05, 0.1) is 0 Å². The highest BCUT2D eigenvalue weighted by atomic mass is 15.0. The highest BCUT2D eigenvalue weighted by Crippen LogP contribution is 2.41. The van der Waals surface area contributed by atoms with E-state index in [-0.39, 0.29) is 0 Å². The molecule has 1 heterocycles. The fourth-order valence-electron chi connectivity index (χ4n) is 2.47. The number of nitrogens with one attached hydrogen (secondary N) is 1. The number of aryl methyl sites for hydroxylation is 1. The number of benzene rings is 1. The minimum absolute atomic E-state index is 0.403. The Morgan fingerprint density at radius 1 is 1.31 bits per heavy atom. The standard InChI is InChI=1S/C15H23N/c1-10(2)12-7-6-11(3)13(8-12)14-15(4,5)9-16-14/h6-8,10,14,16H,9H2,1-5H3. The van der Waals surface area contributed by atoms with Crippen molar-refractivity contribution in [2.75, 3.05) is 6.54 Å². The molecule has 0 aromatic heterocycles. The molecule has 0 amide bonds. The van der Waals surface area contributed by atoms with Gasteiger partial charge in [-0.15, -0.1) is 0 Å². The van der Waals surface area contributed by atoms with Crippen LogP contribution in [0.15, 0.2) is 18.2 Å². The minimum Gasteiger partial charge on any atom is -0.309 e. The highest BCUT2D eigenvalue weighted by molar-refractivity contribution is 5.37. The largest absolute Gasteiger partial charge is 0.309 e. The second-order valence-electron chi connectivity index (χ2n) is 6.07. The topological polar surface area (TPSA) is 12.0 Å². The maximum absolute atomic E-state index is 3.56. The van der Waals surface area contributed by atoms with Gasteiger partial charge in [0.25, 0.3) is 0 Å². The number of rotatable bonds is 2. The Labute approximate surface area is 99.3 Å². The van der Waals surface area contributed by atoms with Gasteiger partial charge in [-0.05, 0) is 34.9 Å². The van der Waals surface area contributed by atoms with Gasteiger partial charge >= 0.3 is 0 Å². The third-order valence-corrected chi connectivity index (χ3v) is 3.82. The smallest absolute Gasteiger partial charge is 0.0387 e. The van der Waals surface area contributed by atoms with Crippen molar-refractivity contribution in [3.63, 3.8) is 0 Å². The minimum atomic E-state index is 0.403. The van der Waals surface area contributed by atoms with Gasteiger partial charge in [-0.1, -0.05) is 45.9 Å². The Bertz CT molecular complexity index is 390. The third kappa shape index (κ3) is 1.89. The van der Waals surface area contributed by atoms with Crippen molar-refractivity contribution in [3.8, 4) is 0 Å². The summed E-state index contributed by atoms with van der Waals surface area (Å²) in [5.41, 5.74) is 4.75. The molecule has 0 bridgehead atoms. The lowest BCUT2D eigenvalue weighted by Crippen LogP contribution is -2.52. The highest BCUT2D eigenvalue weighted by Gasteiger charge is 2.39. The lowest BCUT2D eigenvalue weighted by Gasteiger charge is -2.46. The molecule has 1 N–H and O–H groups in total. The predicted molar refractivity (Wildman–Crippen MR) is 69.8 cm³/mol. The fraction of sp³-hybridized carbons (Fsp3) is 0.600. The zero-order valence-electron chi connectivity index (χ0n) is 11.1. The van der Waals surface area contributed by atoms with Crippen LogP contribution in [-0.2, 0) is 0 Å². The molecule has 0 spiro atoms. The van der Waals surface area contributed by atoms with Crippen LogP contribution >= 0.6 is 0 Å². The maximum atomic E-state index is 3.56. The second kappa shape index (κ2) is 3.89. The molecule has 1 aliphatic rings. The summed E-state index contributed by atoms with van der Waals surface area (Å²) < 4.78 is 0. The van der Waals surface area contributed by atoms with Crippen molar-refractivity contribution in [3.05, 3.63) is 34.9 Å². The summed E-state index contributed by atoms with van der Waals surface area (Å²) in [5.74, 6) is 0.613. The van der Waals surface area contributed by atoms with Gasteiger partial charge in [0, 0.05) is 12.6 Å². The first-order chi connectivity index (χ1) is 7.42. The molecule has 1 aliphatic heterocycles. The zero-order valence-corrected chi connectivity index (χ0v) is 11.1. The van der Waals surface area contributed by atoms with Gasteiger partial charge in [-0.3, -0.25) is 0 Å². The maximum Gasteiger partial charge on any atom is 0.0387 e. The molecule has 88 valence electrons. The average Bonchev–Trinajstić information content (AvgIpc) is 2.19. The van der Waals surface area contributed by atoms with Crippen molar-refractivity contribution >= 4 is 0 Å². The van der Waals surface area contributed by atoms with Crippen molar-refractivity contribution in [1.29, 1.82) is 0 Å². The number of hydrogen-bond acceptors (Lipinski definition) is 1. The molecule has 0 radical (unpaired) electrons. The fourth-order valence-corrected chi connectivity index (χ4v) is 2.47. The van der Waals surface area contributed by atoms with E-state index in [0.717, 1.165) is 6.54 Å². The van der Waals surface area contributed by atoms with E-state index >= 15 is 0 Å². The van der Waals surface area contributed by atoms with Crippen LogP contribution in [0.2, 0.25) is 0 Å². The molecule has 1 unspecified atom stereocenters. The normalized spacial score (nSPS) is 23.2. The van der Waals surface area contributed by atoms with Crippen LogP contribution in [0.25, 0.3) is 0 Å². The summed E-state index contributed by atoms with van der Waals surface area (Å²) in [4.78, 5) is 0. The molecule has 16 heavy (non-hydrogen) atoms. The summed E-state index contributed by atoms with van der Waals surface area (Å²) in [5, 5.41) is 3.56. The molecule has 1 heteroatoms. The molecule has 1 aromatic carbocycles. The Hall–Kier alpha value is -0.820. The first kappa shape index (κ1) is 11.7. The molecule has 0 aliphatic carbocycles. The van der Waals surface area contributed by atoms with E-state index in [9.17, 15) is 0 Å². The zero-order chi connectivity index (χ0) is 11.9. The van der Waals surface area contributed by atoms with E-state index in [4.69, 9.17) is 0 Å². The molecular formula is C15H23N. The molecule has 1 saturated heterocycles. The van der Waals surface area contributed by atoms with Crippen LogP contribution in [0, 0.1) is 12.3 Å². The van der Waals surface area contributed by atoms with Crippen molar-refractivity contribution < 1.29 is 0 Å². The van der Waals surface area contributed by atoms with E-state index in [1.165, 1.54) is 16.7 Å². The Morgan fingerprint density at radius 2 is 2.00 bits per heavy atom. The lowest BCUT2D eigenvalue weighted by atomic mass is 9.72. The van der Waals surface area contributed by atoms with Gasteiger partial charge in [0.1, 0.15) is 0 Å². The monoisotopic (exact) mass is 217 g/mol. The summed E-state index contributed by atoms with van der Waals surface area (Å²) in [6, 6.07) is 7.44. The van der Waals surface area contributed by atoms with Crippen LogP contribution in [-0.4, -0.2) is 6.54 Å². The molecule has 1 aromatic rings. The van der Waals surface area contributed by atoms with Gasteiger partial charge in [-0.25, -0.2) is 0 Å². The first-order valence-electron chi connectivity index (χ1n) is 6.25. The number of hydrogen-bond donors (Lipinski definition) is 1. The SMILES string of the molecule is Cc1ccc(C(C)C)cc1C1NCC1(C)C. The summed E-state index contributed by atoms with van der Waals surface area (Å²) in [7, 11) is 0. The van der Waals surface area contributed by atoms with E-state index in [2.05, 4.69) is 58.1 Å². The van der Waals surface area contributed by atoms with E-state index in [1.54, 1.807) is 0 Å². The van der Waals surface area contributed by atoms with Gasteiger partial charge in [-0.2, -0.15) is 0 Å². The summed E-state index contributed by atoms with van der Waals surface area (Å²) >= 11 is 0. The molecule has 1 fully saturated rings. The summed E-state index contributed by atoms with van der Waals surface area (Å²) in [6.07, 6.45) is 0. The van der Waals surface area contributed by atoms with E-state index in [1.807, 2.05) is 0 Å². The van der Waals surface area contributed by atoms with Crippen molar-refractivity contribution in [1.82, 2.24) is 5.32 Å². The molecule has 1 atom stereocenters. The van der Waals surface area contributed by atoms with Crippen LogP contribution in [0.3, 0.4) is 0 Å². The Kier molecular flexibility index (Phi) is 2.83. The molecular weight excluding hydrogens is 194 g/mol. The van der Waals surface area contributed by atoms with Crippen LogP contribution in [0.4, 0.5) is 0 Å². The van der Waals surface area contributed by atoms with E-state index < -0.39 is 0 Å². The van der Waals surface area contributed by atoms with E-state index in [0.29, 0.717) is 17.4 Å². The quantitative estimate of drug-likeness (QED) is 0.794. The molecule has 0 saturated carbocycles. The van der Waals surface area contributed by atoms with Gasteiger partial charge in [0.2, 0.25) is 0 Å². The van der Waals surface area contributed by atoms with Crippen LogP contribution in [0.1, 0.15) is 56.3 Å². The molecule has 1 nitrogen and oxygen atoms in total. The lowest BCUT2D eigenvalue weighted by molar-refractivity contribution is 0.127. The third-order valence-electron chi connectivity index (χ3n) is 3.82.